The average molecular weight is 291 g/mol. The van der Waals surface area contributed by atoms with Gasteiger partial charge in [0.15, 0.2) is 0 Å². The molecule has 1 aromatic rings. The van der Waals surface area contributed by atoms with E-state index in [0.717, 1.165) is 18.2 Å². The van der Waals surface area contributed by atoms with Crippen LogP contribution >= 0.6 is 0 Å². The minimum atomic E-state index is -4.08. The zero-order chi connectivity index (χ0) is 14.6. The lowest BCUT2D eigenvalue weighted by Crippen LogP contribution is -2.41. The molecular formula is C11H14FNO5S. The van der Waals surface area contributed by atoms with Gasteiger partial charge in [-0.25, -0.2) is 12.8 Å². The number of hydrogen-bond acceptors (Lipinski definition) is 4. The van der Waals surface area contributed by atoms with E-state index in [4.69, 9.17) is 10.2 Å². The third kappa shape index (κ3) is 3.98. The van der Waals surface area contributed by atoms with Crippen molar-refractivity contribution in [1.29, 1.82) is 0 Å². The number of aliphatic carboxylic acids is 1. The van der Waals surface area contributed by atoms with E-state index in [1.807, 2.05) is 4.72 Å². The van der Waals surface area contributed by atoms with Crippen LogP contribution in [0.2, 0.25) is 0 Å². The molecule has 0 bridgehead atoms. The lowest BCUT2D eigenvalue weighted by molar-refractivity contribution is -0.139. The van der Waals surface area contributed by atoms with E-state index in [2.05, 4.69) is 0 Å². The van der Waals surface area contributed by atoms with Crippen molar-refractivity contribution in [2.24, 2.45) is 0 Å². The van der Waals surface area contributed by atoms with Gasteiger partial charge in [-0.1, -0.05) is 0 Å². The molecule has 6 nitrogen and oxygen atoms in total. The zero-order valence-electron chi connectivity index (χ0n) is 10.1. The van der Waals surface area contributed by atoms with E-state index in [9.17, 15) is 17.6 Å². The summed E-state index contributed by atoms with van der Waals surface area (Å²) in [4.78, 5) is 10.6. The number of benzene rings is 1. The second-order valence-electron chi connectivity index (χ2n) is 3.93. The largest absolute Gasteiger partial charge is 0.480 e. The molecular weight excluding hydrogens is 277 g/mol. The normalized spacial score (nSPS) is 13.2. The minimum Gasteiger partial charge on any atom is -0.480 e. The number of rotatable bonds is 6. The second kappa shape index (κ2) is 6.09. The van der Waals surface area contributed by atoms with E-state index < -0.39 is 34.5 Å². The van der Waals surface area contributed by atoms with Gasteiger partial charge in [-0.05, 0) is 37.1 Å². The maximum Gasteiger partial charge on any atom is 0.321 e. The molecule has 3 N–H and O–H groups in total. The quantitative estimate of drug-likeness (QED) is 0.697. The Morgan fingerprint density at radius 2 is 2.11 bits per heavy atom. The van der Waals surface area contributed by atoms with Gasteiger partial charge in [-0.15, -0.1) is 0 Å². The Morgan fingerprint density at radius 1 is 1.47 bits per heavy atom. The number of halogens is 1. The summed E-state index contributed by atoms with van der Waals surface area (Å²) in [6.45, 7) is 0.932. The number of aryl methyl sites for hydroxylation is 1. The molecule has 1 aromatic carbocycles. The van der Waals surface area contributed by atoms with Crippen molar-refractivity contribution < 1.29 is 27.8 Å². The topological polar surface area (TPSA) is 104 Å². The Kier molecular flexibility index (Phi) is 4.98. The van der Waals surface area contributed by atoms with Gasteiger partial charge in [0.2, 0.25) is 10.0 Å². The van der Waals surface area contributed by atoms with Crippen molar-refractivity contribution in [3.63, 3.8) is 0 Å². The molecule has 0 aliphatic rings. The highest BCUT2D eigenvalue weighted by molar-refractivity contribution is 7.89. The number of hydrogen-bond donors (Lipinski definition) is 3. The molecule has 0 spiro atoms. The Labute approximate surface area is 109 Å². The highest BCUT2D eigenvalue weighted by atomic mass is 32.2. The summed E-state index contributed by atoms with van der Waals surface area (Å²) in [5, 5.41) is 17.5. The number of carbonyl (C=O) groups is 1. The fourth-order valence-corrected chi connectivity index (χ4v) is 2.98. The minimum absolute atomic E-state index is 0.167. The van der Waals surface area contributed by atoms with Gasteiger partial charge in [-0.2, -0.15) is 4.72 Å². The van der Waals surface area contributed by atoms with Gasteiger partial charge in [0.25, 0.3) is 0 Å². The summed E-state index contributed by atoms with van der Waals surface area (Å²) in [5.74, 6) is -1.97. The maximum atomic E-state index is 12.9. The predicted molar refractivity (Wildman–Crippen MR) is 64.6 cm³/mol. The first-order valence-corrected chi connectivity index (χ1v) is 6.88. The third-order valence-corrected chi connectivity index (χ3v) is 4.07. The Bertz CT molecular complexity index is 572. The highest BCUT2D eigenvalue weighted by Crippen LogP contribution is 2.16. The lowest BCUT2D eigenvalue weighted by Gasteiger charge is -2.14. The molecule has 0 heterocycles. The first-order valence-electron chi connectivity index (χ1n) is 5.40. The van der Waals surface area contributed by atoms with Gasteiger partial charge < -0.3 is 10.2 Å². The molecule has 1 rings (SSSR count). The molecule has 8 heteroatoms. The predicted octanol–water partition coefficient (Wildman–Crippen LogP) is 0.248. The third-order valence-electron chi connectivity index (χ3n) is 2.44. The summed E-state index contributed by atoms with van der Waals surface area (Å²) >= 11 is 0. The fraction of sp³-hybridized carbons (Fsp3) is 0.364. The van der Waals surface area contributed by atoms with Crippen LogP contribution in [-0.2, 0) is 14.8 Å². The average Bonchev–Trinajstić information content (AvgIpc) is 2.27. The van der Waals surface area contributed by atoms with Crippen LogP contribution in [0.1, 0.15) is 12.0 Å². The molecule has 0 aliphatic carbocycles. The Balaban J connectivity index is 3.06. The molecule has 0 radical (unpaired) electrons. The summed E-state index contributed by atoms with van der Waals surface area (Å²) in [6.07, 6.45) is -0.255. The maximum absolute atomic E-state index is 12.9. The standard InChI is InChI=1S/C11H14FNO5S/c1-7-6-8(12)2-3-10(7)19(17,18)13-9(4-5-14)11(15)16/h2-3,6,9,13-14H,4-5H2,1H3,(H,15,16)/t9-/m1/s1. The van der Waals surface area contributed by atoms with Crippen molar-refractivity contribution in [2.45, 2.75) is 24.3 Å². The summed E-state index contributed by atoms with van der Waals surface area (Å²) in [6, 6.07) is 1.64. The molecule has 1 atom stereocenters. The van der Waals surface area contributed by atoms with Gasteiger partial charge in [0, 0.05) is 6.61 Å². The molecule has 0 saturated carbocycles. The van der Waals surface area contributed by atoms with E-state index in [0.29, 0.717) is 0 Å². The van der Waals surface area contributed by atoms with Crippen molar-refractivity contribution >= 4 is 16.0 Å². The molecule has 0 amide bonds. The van der Waals surface area contributed by atoms with Gasteiger partial charge >= 0.3 is 5.97 Å². The van der Waals surface area contributed by atoms with Crippen LogP contribution in [0.4, 0.5) is 4.39 Å². The number of sulfonamides is 1. The van der Waals surface area contributed by atoms with Crippen LogP contribution in [0.3, 0.4) is 0 Å². The Hall–Kier alpha value is -1.51. The Morgan fingerprint density at radius 3 is 2.58 bits per heavy atom. The summed E-state index contributed by atoms with van der Waals surface area (Å²) in [7, 11) is -4.08. The van der Waals surface area contributed by atoms with Gasteiger partial charge in [0.1, 0.15) is 11.9 Å². The number of aliphatic hydroxyl groups excluding tert-OH is 1. The molecule has 0 aliphatic heterocycles. The molecule has 0 unspecified atom stereocenters. The number of aliphatic hydroxyl groups is 1. The number of carboxylic acids is 1. The van der Waals surface area contributed by atoms with Crippen LogP contribution < -0.4 is 4.72 Å². The van der Waals surface area contributed by atoms with Crippen LogP contribution in [0.25, 0.3) is 0 Å². The van der Waals surface area contributed by atoms with E-state index in [-0.39, 0.29) is 16.9 Å². The summed E-state index contributed by atoms with van der Waals surface area (Å²) < 4.78 is 38.8. The monoisotopic (exact) mass is 291 g/mol. The van der Waals surface area contributed by atoms with Crippen LogP contribution in [-0.4, -0.2) is 37.2 Å². The van der Waals surface area contributed by atoms with Crippen LogP contribution in [0.5, 0.6) is 0 Å². The molecule has 106 valence electrons. The molecule has 19 heavy (non-hydrogen) atoms. The molecule has 0 saturated heterocycles. The van der Waals surface area contributed by atoms with E-state index >= 15 is 0 Å². The van der Waals surface area contributed by atoms with Crippen LogP contribution in [0.15, 0.2) is 23.1 Å². The van der Waals surface area contributed by atoms with Crippen molar-refractivity contribution in [1.82, 2.24) is 4.72 Å². The lowest BCUT2D eigenvalue weighted by atomic mass is 10.2. The molecule has 0 fully saturated rings. The van der Waals surface area contributed by atoms with Gasteiger partial charge in [0.05, 0.1) is 4.90 Å². The van der Waals surface area contributed by atoms with Crippen molar-refractivity contribution in [3.05, 3.63) is 29.6 Å². The highest BCUT2D eigenvalue weighted by Gasteiger charge is 2.26. The van der Waals surface area contributed by atoms with Crippen LogP contribution in [0, 0.1) is 12.7 Å². The first kappa shape index (κ1) is 15.5. The fourth-order valence-electron chi connectivity index (χ4n) is 1.53. The summed E-state index contributed by atoms with van der Waals surface area (Å²) in [5.41, 5.74) is 0.167. The first-order chi connectivity index (χ1) is 8.77. The van der Waals surface area contributed by atoms with Gasteiger partial charge in [-0.3, -0.25) is 4.79 Å². The van der Waals surface area contributed by atoms with Crippen molar-refractivity contribution in [2.75, 3.05) is 6.61 Å². The second-order valence-corrected chi connectivity index (χ2v) is 5.62. The van der Waals surface area contributed by atoms with Crippen molar-refractivity contribution in [3.8, 4) is 0 Å². The molecule has 0 aromatic heterocycles. The number of nitrogens with one attached hydrogen (secondary N) is 1. The van der Waals surface area contributed by atoms with E-state index in [1.54, 1.807) is 0 Å². The van der Waals surface area contributed by atoms with E-state index in [1.165, 1.54) is 6.92 Å². The zero-order valence-corrected chi connectivity index (χ0v) is 10.9. The number of carboxylic acid groups (broad SMARTS) is 1. The SMILES string of the molecule is Cc1cc(F)ccc1S(=O)(=O)N[C@H](CCO)C(=O)O. The smallest absolute Gasteiger partial charge is 0.321 e.